The van der Waals surface area contributed by atoms with Crippen LogP contribution in [0.1, 0.15) is 31.7 Å². The second kappa shape index (κ2) is 9.66. The fourth-order valence-corrected chi connectivity index (χ4v) is 2.60. The van der Waals surface area contributed by atoms with E-state index in [4.69, 9.17) is 0 Å². The van der Waals surface area contributed by atoms with E-state index in [1.165, 1.54) is 7.11 Å². The monoisotopic (exact) mass is 346 g/mol. The Morgan fingerprint density at radius 3 is 2.64 bits per heavy atom. The van der Waals surface area contributed by atoms with Gasteiger partial charge in [-0.3, -0.25) is 9.59 Å². The minimum absolute atomic E-state index is 0.190. The summed E-state index contributed by atoms with van der Waals surface area (Å²) in [5, 5.41) is 6.24. The van der Waals surface area contributed by atoms with Gasteiger partial charge in [0.15, 0.2) is 5.96 Å². The highest BCUT2D eigenvalue weighted by atomic mass is 16.5. The van der Waals surface area contributed by atoms with Gasteiger partial charge in [-0.25, -0.2) is 4.99 Å². The predicted octanol–water partition coefficient (Wildman–Crippen LogP) is 1.43. The Hall–Kier alpha value is -2.57. The predicted molar refractivity (Wildman–Crippen MR) is 97.5 cm³/mol. The van der Waals surface area contributed by atoms with Gasteiger partial charge in [0.25, 0.3) is 0 Å². The van der Waals surface area contributed by atoms with Gasteiger partial charge in [0, 0.05) is 31.7 Å². The van der Waals surface area contributed by atoms with Gasteiger partial charge in [0.2, 0.25) is 5.91 Å². The zero-order chi connectivity index (χ0) is 18.1. The van der Waals surface area contributed by atoms with Crippen LogP contribution in [0.5, 0.6) is 0 Å². The number of nitrogens with zero attached hydrogens (tertiary/aromatic N) is 2. The first-order chi connectivity index (χ1) is 12.1. The molecule has 1 aromatic carbocycles. The van der Waals surface area contributed by atoms with Crippen molar-refractivity contribution in [3.63, 3.8) is 0 Å². The molecule has 1 fully saturated rings. The third kappa shape index (κ3) is 5.77. The topological polar surface area (TPSA) is 83.0 Å². The molecular weight excluding hydrogens is 320 g/mol. The van der Waals surface area contributed by atoms with Gasteiger partial charge < -0.3 is 20.3 Å². The van der Waals surface area contributed by atoms with E-state index >= 15 is 0 Å². The summed E-state index contributed by atoms with van der Waals surface area (Å²) in [5.74, 6) is 0.593. The Kier molecular flexibility index (Phi) is 7.25. The van der Waals surface area contributed by atoms with Crippen LogP contribution in [0.2, 0.25) is 0 Å². The van der Waals surface area contributed by atoms with Crippen LogP contribution in [-0.2, 0) is 20.9 Å². The Morgan fingerprint density at radius 1 is 1.28 bits per heavy atom. The number of ether oxygens (including phenoxy) is 1. The number of anilines is 1. The minimum Gasteiger partial charge on any atom is -0.469 e. The van der Waals surface area contributed by atoms with Crippen molar-refractivity contribution < 1.29 is 14.3 Å². The lowest BCUT2D eigenvalue weighted by Gasteiger charge is -2.15. The average molecular weight is 346 g/mol. The first-order valence-electron chi connectivity index (χ1n) is 8.62. The van der Waals surface area contributed by atoms with Crippen molar-refractivity contribution in [1.82, 2.24) is 10.6 Å². The lowest BCUT2D eigenvalue weighted by atomic mass is 10.2. The van der Waals surface area contributed by atoms with Gasteiger partial charge in [-0.2, -0.15) is 0 Å². The molecule has 1 aliphatic rings. The Morgan fingerprint density at radius 2 is 2.04 bits per heavy atom. The van der Waals surface area contributed by atoms with E-state index in [0.717, 1.165) is 30.8 Å². The zero-order valence-corrected chi connectivity index (χ0v) is 14.9. The summed E-state index contributed by atoms with van der Waals surface area (Å²) in [6.07, 6.45) is 1.85. The van der Waals surface area contributed by atoms with E-state index in [-0.39, 0.29) is 11.9 Å². The number of amides is 1. The number of carbonyl (C=O) groups excluding carboxylic acids is 2. The van der Waals surface area contributed by atoms with Crippen molar-refractivity contribution >= 4 is 23.5 Å². The van der Waals surface area contributed by atoms with E-state index in [9.17, 15) is 9.59 Å². The Labute approximate surface area is 148 Å². The lowest BCUT2D eigenvalue weighted by molar-refractivity contribution is -0.140. The highest BCUT2D eigenvalue weighted by Gasteiger charge is 2.21. The van der Waals surface area contributed by atoms with Crippen molar-refractivity contribution in [3.05, 3.63) is 29.8 Å². The summed E-state index contributed by atoms with van der Waals surface area (Å²) in [6.45, 7) is 4.50. The normalized spacial score (nSPS) is 14.6. The number of methoxy groups -OCH3 is 1. The molecule has 0 atom stereocenters. The first kappa shape index (κ1) is 18.8. The third-order valence-corrected chi connectivity index (χ3v) is 3.93. The first-order valence-corrected chi connectivity index (χ1v) is 8.62. The molecule has 2 rings (SSSR count). The van der Waals surface area contributed by atoms with Crippen LogP contribution < -0.4 is 15.5 Å². The van der Waals surface area contributed by atoms with Crippen LogP contribution in [0.4, 0.5) is 5.69 Å². The molecule has 2 N–H and O–H groups in total. The number of hydrogen-bond acceptors (Lipinski definition) is 4. The highest BCUT2D eigenvalue weighted by Crippen LogP contribution is 2.21. The lowest BCUT2D eigenvalue weighted by Crippen LogP contribution is -2.38. The summed E-state index contributed by atoms with van der Waals surface area (Å²) in [5.41, 5.74) is 2.00. The summed E-state index contributed by atoms with van der Waals surface area (Å²) < 4.78 is 4.62. The van der Waals surface area contributed by atoms with E-state index in [2.05, 4.69) is 20.4 Å². The molecule has 25 heavy (non-hydrogen) atoms. The molecule has 0 aliphatic carbocycles. The van der Waals surface area contributed by atoms with Gasteiger partial charge in [-0.05, 0) is 31.0 Å². The number of guanidine groups is 1. The summed E-state index contributed by atoms with van der Waals surface area (Å²) in [7, 11) is 1.38. The second-order valence-electron chi connectivity index (χ2n) is 5.76. The number of nitrogens with one attached hydrogen (secondary N) is 2. The van der Waals surface area contributed by atoms with Crippen molar-refractivity contribution in [1.29, 1.82) is 0 Å². The summed E-state index contributed by atoms with van der Waals surface area (Å²) >= 11 is 0. The van der Waals surface area contributed by atoms with Crippen LogP contribution in [0, 0.1) is 0 Å². The van der Waals surface area contributed by atoms with Gasteiger partial charge >= 0.3 is 5.97 Å². The number of esters is 1. The second-order valence-corrected chi connectivity index (χ2v) is 5.76. The number of aliphatic imine (C=N–C) groups is 1. The molecule has 1 aromatic rings. The van der Waals surface area contributed by atoms with E-state index < -0.39 is 0 Å². The zero-order valence-electron chi connectivity index (χ0n) is 14.9. The molecule has 0 radical (unpaired) electrons. The fourth-order valence-electron chi connectivity index (χ4n) is 2.60. The molecular formula is C18H26N4O3. The maximum atomic E-state index is 11.8. The van der Waals surface area contributed by atoms with Crippen LogP contribution >= 0.6 is 0 Å². The molecule has 0 unspecified atom stereocenters. The molecule has 7 heteroatoms. The van der Waals surface area contributed by atoms with Gasteiger partial charge in [0.1, 0.15) is 0 Å². The molecule has 136 valence electrons. The summed E-state index contributed by atoms with van der Waals surface area (Å²) in [6, 6.07) is 7.91. The quantitative estimate of drug-likeness (QED) is 0.443. The maximum Gasteiger partial charge on any atom is 0.307 e. The standard InChI is InChI=1S/C18H26N4O3/c1-3-19-18(20-11-10-17(24)25-2)21-13-14-6-8-15(9-7-14)22-12-4-5-16(22)23/h6-9H,3-5,10-13H2,1-2H3,(H2,19,20,21). The van der Waals surface area contributed by atoms with Gasteiger partial charge in [0.05, 0.1) is 20.1 Å². The van der Waals surface area contributed by atoms with Crippen molar-refractivity contribution in [2.75, 3.05) is 31.6 Å². The largest absolute Gasteiger partial charge is 0.469 e. The van der Waals surface area contributed by atoms with E-state index in [0.29, 0.717) is 31.9 Å². The summed E-state index contributed by atoms with van der Waals surface area (Å²) in [4.78, 5) is 29.3. The molecule has 0 bridgehead atoms. The van der Waals surface area contributed by atoms with E-state index in [1.807, 2.05) is 36.1 Å². The molecule has 0 aromatic heterocycles. The van der Waals surface area contributed by atoms with E-state index in [1.54, 1.807) is 0 Å². The number of benzene rings is 1. The Bertz CT molecular complexity index is 613. The minimum atomic E-state index is -0.254. The molecule has 0 spiro atoms. The van der Waals surface area contributed by atoms with Gasteiger partial charge in [-0.1, -0.05) is 12.1 Å². The molecule has 0 saturated carbocycles. The van der Waals surface area contributed by atoms with Crippen LogP contribution in [0.3, 0.4) is 0 Å². The highest BCUT2D eigenvalue weighted by molar-refractivity contribution is 5.95. The number of hydrogen-bond donors (Lipinski definition) is 2. The van der Waals surface area contributed by atoms with Gasteiger partial charge in [-0.15, -0.1) is 0 Å². The van der Waals surface area contributed by atoms with Crippen LogP contribution in [0.25, 0.3) is 0 Å². The van der Waals surface area contributed by atoms with Crippen molar-refractivity contribution in [3.8, 4) is 0 Å². The number of rotatable bonds is 7. The molecule has 1 heterocycles. The average Bonchev–Trinajstić information content (AvgIpc) is 3.06. The van der Waals surface area contributed by atoms with Crippen molar-refractivity contribution in [2.24, 2.45) is 4.99 Å². The SMILES string of the molecule is CCNC(=NCc1ccc(N2CCCC2=O)cc1)NCCC(=O)OC. The number of carbonyl (C=O) groups is 2. The molecule has 1 aliphatic heterocycles. The van der Waals surface area contributed by atoms with Crippen LogP contribution in [-0.4, -0.2) is 44.6 Å². The Balaban J connectivity index is 1.90. The van der Waals surface area contributed by atoms with Crippen molar-refractivity contribution in [2.45, 2.75) is 32.7 Å². The molecule has 7 nitrogen and oxygen atoms in total. The maximum absolute atomic E-state index is 11.8. The third-order valence-electron chi connectivity index (χ3n) is 3.93. The fraction of sp³-hybridized carbons (Fsp3) is 0.500. The van der Waals surface area contributed by atoms with Crippen LogP contribution in [0.15, 0.2) is 29.3 Å². The molecule has 1 amide bonds. The molecule has 1 saturated heterocycles. The smallest absolute Gasteiger partial charge is 0.307 e.